The third kappa shape index (κ3) is 3.69. The van der Waals surface area contributed by atoms with E-state index in [1.54, 1.807) is 13.8 Å². The Labute approximate surface area is 122 Å². The Morgan fingerprint density at radius 1 is 1.24 bits per heavy atom. The van der Waals surface area contributed by atoms with E-state index >= 15 is 0 Å². The summed E-state index contributed by atoms with van der Waals surface area (Å²) in [6.45, 7) is 3.50. The van der Waals surface area contributed by atoms with Gasteiger partial charge in [0.15, 0.2) is 0 Å². The highest BCUT2D eigenvalue weighted by molar-refractivity contribution is 7.89. The Bertz CT molecular complexity index is 807. The number of sulfonamides is 1. The molecule has 114 valence electrons. The van der Waals surface area contributed by atoms with E-state index in [9.17, 15) is 13.2 Å². The van der Waals surface area contributed by atoms with E-state index in [1.165, 1.54) is 30.3 Å². The molecular formula is C14H17NO5S. The summed E-state index contributed by atoms with van der Waals surface area (Å²) < 4.78 is 31.9. The Kier molecular flexibility index (Phi) is 4.18. The number of aliphatic hydroxyl groups is 1. The van der Waals surface area contributed by atoms with Gasteiger partial charge in [-0.3, -0.25) is 0 Å². The van der Waals surface area contributed by atoms with Crippen molar-refractivity contribution in [2.24, 2.45) is 5.41 Å². The molecular weight excluding hydrogens is 294 g/mol. The van der Waals surface area contributed by atoms with Crippen molar-refractivity contribution < 1.29 is 17.9 Å². The van der Waals surface area contributed by atoms with Crippen LogP contribution in [0.15, 0.2) is 44.4 Å². The molecule has 1 heterocycles. The maximum Gasteiger partial charge on any atom is 0.336 e. The number of nitrogens with one attached hydrogen (secondary N) is 1. The first-order valence-electron chi connectivity index (χ1n) is 6.38. The standard InChI is InChI=1S/C14H17NO5S/c1-14(2,9-16)8-15-21(18,19)11-4-5-12-10(7-11)3-6-13(17)20-12/h3-7,15-16H,8-9H2,1-2H3. The minimum Gasteiger partial charge on any atom is -0.423 e. The van der Waals surface area contributed by atoms with Crippen molar-refractivity contribution in [2.75, 3.05) is 13.2 Å². The Morgan fingerprint density at radius 3 is 2.62 bits per heavy atom. The van der Waals surface area contributed by atoms with Crippen molar-refractivity contribution in [1.29, 1.82) is 0 Å². The molecule has 0 atom stereocenters. The molecule has 2 N–H and O–H groups in total. The van der Waals surface area contributed by atoms with E-state index in [-0.39, 0.29) is 18.0 Å². The monoisotopic (exact) mass is 311 g/mol. The summed E-state index contributed by atoms with van der Waals surface area (Å²) in [5.74, 6) is 0. The summed E-state index contributed by atoms with van der Waals surface area (Å²) in [5.41, 5.74) is -0.699. The molecule has 2 aromatic rings. The van der Waals surface area contributed by atoms with Crippen molar-refractivity contribution in [3.63, 3.8) is 0 Å². The Hall–Kier alpha value is -1.70. The molecule has 0 spiro atoms. The van der Waals surface area contributed by atoms with Gasteiger partial charge in [0.2, 0.25) is 10.0 Å². The van der Waals surface area contributed by atoms with Crippen LogP contribution in [0.1, 0.15) is 13.8 Å². The number of aliphatic hydroxyl groups excluding tert-OH is 1. The van der Waals surface area contributed by atoms with Crippen molar-refractivity contribution >= 4 is 21.0 Å². The number of hydrogen-bond acceptors (Lipinski definition) is 5. The molecule has 0 bridgehead atoms. The van der Waals surface area contributed by atoms with E-state index in [0.29, 0.717) is 11.0 Å². The zero-order valence-electron chi connectivity index (χ0n) is 11.8. The molecule has 0 saturated heterocycles. The molecule has 0 unspecified atom stereocenters. The number of fused-ring (bicyclic) bond motifs is 1. The quantitative estimate of drug-likeness (QED) is 0.806. The fraction of sp³-hybridized carbons (Fsp3) is 0.357. The zero-order valence-corrected chi connectivity index (χ0v) is 12.6. The minimum absolute atomic E-state index is 0.0811. The molecule has 0 aliphatic heterocycles. The zero-order chi connectivity index (χ0) is 15.7. The van der Waals surface area contributed by atoms with E-state index < -0.39 is 21.1 Å². The number of hydrogen-bond donors (Lipinski definition) is 2. The molecule has 0 amide bonds. The largest absolute Gasteiger partial charge is 0.423 e. The molecule has 7 heteroatoms. The molecule has 0 aliphatic rings. The van der Waals surface area contributed by atoms with Crippen LogP contribution in [0.25, 0.3) is 11.0 Å². The van der Waals surface area contributed by atoms with Gasteiger partial charge in [0, 0.05) is 30.0 Å². The average molecular weight is 311 g/mol. The van der Waals surface area contributed by atoms with Gasteiger partial charge in [-0.15, -0.1) is 0 Å². The van der Waals surface area contributed by atoms with E-state index in [4.69, 9.17) is 9.52 Å². The van der Waals surface area contributed by atoms with Gasteiger partial charge in [-0.05, 0) is 24.3 Å². The van der Waals surface area contributed by atoms with Crippen LogP contribution in [0, 0.1) is 5.41 Å². The van der Waals surface area contributed by atoms with Gasteiger partial charge >= 0.3 is 5.63 Å². The average Bonchev–Trinajstić information content (AvgIpc) is 2.45. The van der Waals surface area contributed by atoms with Crippen molar-refractivity contribution in [1.82, 2.24) is 4.72 Å². The molecule has 0 fully saturated rings. The second-order valence-corrected chi connectivity index (χ2v) is 7.37. The highest BCUT2D eigenvalue weighted by atomic mass is 32.2. The second-order valence-electron chi connectivity index (χ2n) is 5.60. The molecule has 1 aromatic heterocycles. The van der Waals surface area contributed by atoms with Crippen LogP contribution in [0.5, 0.6) is 0 Å². The van der Waals surface area contributed by atoms with Gasteiger partial charge in [0.25, 0.3) is 0 Å². The third-order valence-electron chi connectivity index (χ3n) is 3.07. The maximum atomic E-state index is 12.2. The lowest BCUT2D eigenvalue weighted by Crippen LogP contribution is -2.36. The fourth-order valence-electron chi connectivity index (χ4n) is 1.65. The lowest BCUT2D eigenvalue weighted by atomic mass is 9.96. The van der Waals surface area contributed by atoms with Crippen LogP contribution < -0.4 is 10.3 Å². The van der Waals surface area contributed by atoms with Gasteiger partial charge in [0.1, 0.15) is 5.58 Å². The summed E-state index contributed by atoms with van der Waals surface area (Å²) in [5, 5.41) is 9.68. The van der Waals surface area contributed by atoms with E-state index in [1.807, 2.05) is 0 Å². The topological polar surface area (TPSA) is 96.6 Å². The molecule has 0 saturated carbocycles. The number of rotatable bonds is 5. The fourth-order valence-corrected chi connectivity index (χ4v) is 2.92. The lowest BCUT2D eigenvalue weighted by molar-refractivity contribution is 0.163. The second kappa shape index (κ2) is 5.59. The normalized spacial score (nSPS) is 12.7. The van der Waals surface area contributed by atoms with Crippen LogP contribution in [-0.4, -0.2) is 26.7 Å². The third-order valence-corrected chi connectivity index (χ3v) is 4.47. The predicted octanol–water partition coefficient (Wildman–Crippen LogP) is 1.09. The van der Waals surface area contributed by atoms with Crippen LogP contribution in [0.4, 0.5) is 0 Å². The molecule has 2 rings (SSSR count). The SMILES string of the molecule is CC(C)(CO)CNS(=O)(=O)c1ccc2oc(=O)ccc2c1. The minimum atomic E-state index is -3.69. The van der Waals surface area contributed by atoms with Gasteiger partial charge in [-0.1, -0.05) is 13.8 Å². The van der Waals surface area contributed by atoms with Crippen molar-refractivity contribution in [3.05, 3.63) is 40.8 Å². The Balaban J connectivity index is 2.32. The van der Waals surface area contributed by atoms with Crippen LogP contribution in [-0.2, 0) is 10.0 Å². The Morgan fingerprint density at radius 2 is 1.95 bits per heavy atom. The van der Waals surface area contributed by atoms with Crippen LogP contribution in [0.2, 0.25) is 0 Å². The van der Waals surface area contributed by atoms with E-state index in [2.05, 4.69) is 4.72 Å². The molecule has 0 radical (unpaired) electrons. The van der Waals surface area contributed by atoms with Crippen molar-refractivity contribution in [3.8, 4) is 0 Å². The molecule has 0 aliphatic carbocycles. The van der Waals surface area contributed by atoms with Crippen LogP contribution >= 0.6 is 0 Å². The highest BCUT2D eigenvalue weighted by Gasteiger charge is 2.21. The summed E-state index contributed by atoms with van der Waals surface area (Å²) >= 11 is 0. The summed E-state index contributed by atoms with van der Waals surface area (Å²) in [6.07, 6.45) is 0. The first-order chi connectivity index (χ1) is 9.73. The molecule has 1 aromatic carbocycles. The first-order valence-corrected chi connectivity index (χ1v) is 7.86. The lowest BCUT2D eigenvalue weighted by Gasteiger charge is -2.21. The van der Waals surface area contributed by atoms with Gasteiger partial charge in [-0.2, -0.15) is 0 Å². The van der Waals surface area contributed by atoms with Gasteiger partial charge in [0.05, 0.1) is 4.90 Å². The van der Waals surface area contributed by atoms with Gasteiger partial charge < -0.3 is 9.52 Å². The van der Waals surface area contributed by atoms with Crippen LogP contribution in [0.3, 0.4) is 0 Å². The molecule has 6 nitrogen and oxygen atoms in total. The summed E-state index contributed by atoms with van der Waals surface area (Å²) in [7, 11) is -3.69. The van der Waals surface area contributed by atoms with Gasteiger partial charge in [-0.25, -0.2) is 17.9 Å². The number of benzene rings is 1. The maximum absolute atomic E-state index is 12.2. The summed E-state index contributed by atoms with van der Waals surface area (Å²) in [4.78, 5) is 11.2. The highest BCUT2D eigenvalue weighted by Crippen LogP contribution is 2.19. The summed E-state index contributed by atoms with van der Waals surface area (Å²) in [6, 6.07) is 7.01. The molecule has 21 heavy (non-hydrogen) atoms. The van der Waals surface area contributed by atoms with E-state index in [0.717, 1.165) is 0 Å². The van der Waals surface area contributed by atoms with Crippen molar-refractivity contribution in [2.45, 2.75) is 18.7 Å². The smallest absolute Gasteiger partial charge is 0.336 e. The first kappa shape index (κ1) is 15.7. The predicted molar refractivity (Wildman–Crippen MR) is 78.5 cm³/mol.